The molecule has 1 atom stereocenters. The molecule has 1 heterocycles. The van der Waals surface area contributed by atoms with E-state index in [0.29, 0.717) is 11.3 Å². The molecule has 3 N–H and O–H groups in total. The number of hydrogen-bond acceptors (Lipinski definition) is 4. The lowest BCUT2D eigenvalue weighted by Crippen LogP contribution is -2.38. The van der Waals surface area contributed by atoms with Crippen LogP contribution in [0.2, 0.25) is 0 Å². The number of likely N-dealkylation sites (tertiary alicyclic amines) is 1. The van der Waals surface area contributed by atoms with E-state index in [1.54, 1.807) is 6.07 Å². The van der Waals surface area contributed by atoms with E-state index in [0.717, 1.165) is 31.2 Å². The topological polar surface area (TPSA) is 65.1 Å². The molecule has 1 saturated heterocycles. The average molecular weight is 272 g/mol. The van der Waals surface area contributed by atoms with Gasteiger partial charge in [-0.1, -0.05) is 6.42 Å². The van der Waals surface area contributed by atoms with Gasteiger partial charge in [-0.15, -0.1) is 0 Å². The van der Waals surface area contributed by atoms with Crippen molar-refractivity contribution >= 4 is 11.4 Å². The molecule has 0 aliphatic carbocycles. The summed E-state index contributed by atoms with van der Waals surface area (Å²) in [6, 6.07) is 8.33. The van der Waals surface area contributed by atoms with Gasteiger partial charge in [0, 0.05) is 24.8 Å². The molecule has 4 nitrogen and oxygen atoms in total. The van der Waals surface area contributed by atoms with Crippen LogP contribution in [0.1, 0.15) is 38.2 Å². The van der Waals surface area contributed by atoms with Gasteiger partial charge in [0.15, 0.2) is 0 Å². The summed E-state index contributed by atoms with van der Waals surface area (Å²) in [6.07, 6.45) is 5.12. The molecular weight excluding hydrogens is 248 g/mol. The zero-order chi connectivity index (χ0) is 14.4. The van der Waals surface area contributed by atoms with Crippen LogP contribution < -0.4 is 11.1 Å². The van der Waals surface area contributed by atoms with Gasteiger partial charge >= 0.3 is 0 Å². The third kappa shape index (κ3) is 3.88. The summed E-state index contributed by atoms with van der Waals surface area (Å²) in [5.41, 5.74) is 7.82. The second-order valence-electron chi connectivity index (χ2n) is 5.58. The van der Waals surface area contributed by atoms with Crippen molar-refractivity contribution in [2.24, 2.45) is 0 Å². The van der Waals surface area contributed by atoms with Gasteiger partial charge in [0.2, 0.25) is 0 Å². The highest BCUT2D eigenvalue weighted by molar-refractivity contribution is 5.62. The van der Waals surface area contributed by atoms with Crippen LogP contribution in [0.5, 0.6) is 0 Å². The first-order valence-electron chi connectivity index (χ1n) is 7.48. The molecule has 2 rings (SSSR count). The fraction of sp³-hybridized carbons (Fsp3) is 0.562. The van der Waals surface area contributed by atoms with Crippen molar-refractivity contribution in [1.82, 2.24) is 4.90 Å². The summed E-state index contributed by atoms with van der Waals surface area (Å²) in [6.45, 7) is 5.57. The third-order valence-electron chi connectivity index (χ3n) is 4.04. The van der Waals surface area contributed by atoms with Crippen LogP contribution in [0, 0.1) is 11.3 Å². The maximum absolute atomic E-state index is 9.08. The molecule has 1 aliphatic rings. The van der Waals surface area contributed by atoms with Gasteiger partial charge in [0.25, 0.3) is 0 Å². The minimum atomic E-state index is 0.622. The number of nitrogens with two attached hydrogens (primary N) is 1. The van der Waals surface area contributed by atoms with E-state index in [9.17, 15) is 0 Å². The molecule has 1 aromatic carbocycles. The summed E-state index contributed by atoms with van der Waals surface area (Å²) in [7, 11) is 0. The predicted octanol–water partition coefficient (Wildman–Crippen LogP) is 2.82. The normalized spacial score (nSPS) is 19.5. The van der Waals surface area contributed by atoms with Crippen LogP contribution in [0.3, 0.4) is 0 Å². The summed E-state index contributed by atoms with van der Waals surface area (Å²) in [5, 5.41) is 12.4. The maximum Gasteiger partial charge on any atom is 0.101 e. The fourth-order valence-electron chi connectivity index (χ4n) is 2.80. The van der Waals surface area contributed by atoms with Gasteiger partial charge < -0.3 is 16.0 Å². The number of piperidine rings is 1. The second kappa shape index (κ2) is 7.16. The van der Waals surface area contributed by atoms with E-state index in [2.05, 4.69) is 23.2 Å². The molecule has 0 saturated carbocycles. The van der Waals surface area contributed by atoms with Crippen molar-refractivity contribution < 1.29 is 0 Å². The molecule has 4 heteroatoms. The Bertz CT molecular complexity index is 478. The minimum Gasteiger partial charge on any atom is -0.399 e. The van der Waals surface area contributed by atoms with Crippen molar-refractivity contribution in [2.75, 3.05) is 30.7 Å². The Morgan fingerprint density at radius 3 is 3.05 bits per heavy atom. The monoisotopic (exact) mass is 272 g/mol. The van der Waals surface area contributed by atoms with Crippen LogP contribution in [0.25, 0.3) is 0 Å². The molecular formula is C16H24N4. The average Bonchev–Trinajstić information content (AvgIpc) is 2.46. The van der Waals surface area contributed by atoms with Gasteiger partial charge in [0.1, 0.15) is 6.07 Å². The molecule has 1 aliphatic heterocycles. The number of anilines is 2. The van der Waals surface area contributed by atoms with E-state index >= 15 is 0 Å². The van der Waals surface area contributed by atoms with Crippen molar-refractivity contribution in [1.29, 1.82) is 5.26 Å². The Kier molecular flexibility index (Phi) is 5.25. The Hall–Kier alpha value is -1.73. The number of hydrogen-bond donors (Lipinski definition) is 2. The van der Waals surface area contributed by atoms with Crippen LogP contribution in [0.4, 0.5) is 11.4 Å². The standard InChI is InChI=1S/C16H24N4/c1-13-5-2-3-9-20(13)10-4-8-19-16-7-6-15(18)11-14(16)12-17/h6-7,11,13,19H,2-5,8-10,18H2,1H3. The molecule has 1 unspecified atom stereocenters. The third-order valence-corrected chi connectivity index (χ3v) is 4.04. The van der Waals surface area contributed by atoms with Crippen LogP contribution in [-0.4, -0.2) is 30.6 Å². The molecule has 1 aromatic rings. The first-order valence-corrected chi connectivity index (χ1v) is 7.48. The van der Waals surface area contributed by atoms with Crippen molar-refractivity contribution in [2.45, 2.75) is 38.6 Å². The number of nitrogens with zero attached hydrogens (tertiary/aromatic N) is 2. The molecule has 0 amide bonds. The summed E-state index contributed by atoms with van der Waals surface area (Å²) >= 11 is 0. The molecule has 108 valence electrons. The number of benzene rings is 1. The minimum absolute atomic E-state index is 0.622. The first-order chi connectivity index (χ1) is 9.70. The second-order valence-corrected chi connectivity index (χ2v) is 5.58. The van der Waals surface area contributed by atoms with Crippen LogP contribution >= 0.6 is 0 Å². The highest BCUT2D eigenvalue weighted by Crippen LogP contribution is 2.19. The SMILES string of the molecule is CC1CCCCN1CCCNc1ccc(N)cc1C#N. The zero-order valence-corrected chi connectivity index (χ0v) is 12.2. The summed E-state index contributed by atoms with van der Waals surface area (Å²) in [5.74, 6) is 0. The Balaban J connectivity index is 1.77. The lowest BCUT2D eigenvalue weighted by Gasteiger charge is -2.33. The predicted molar refractivity (Wildman–Crippen MR) is 83.6 cm³/mol. The Morgan fingerprint density at radius 1 is 1.45 bits per heavy atom. The first kappa shape index (κ1) is 14.7. The summed E-state index contributed by atoms with van der Waals surface area (Å²) in [4.78, 5) is 2.57. The van der Waals surface area contributed by atoms with Crippen molar-refractivity contribution in [3.8, 4) is 6.07 Å². The van der Waals surface area contributed by atoms with Gasteiger partial charge in [-0.05, 0) is 50.9 Å². The molecule has 0 spiro atoms. The Labute approximate surface area is 121 Å². The molecule has 1 fully saturated rings. The zero-order valence-electron chi connectivity index (χ0n) is 12.2. The molecule has 0 radical (unpaired) electrons. The number of nitrogens with one attached hydrogen (secondary N) is 1. The van der Waals surface area contributed by atoms with E-state index in [1.807, 2.05) is 12.1 Å². The van der Waals surface area contributed by atoms with E-state index in [4.69, 9.17) is 11.0 Å². The van der Waals surface area contributed by atoms with Crippen molar-refractivity contribution in [3.63, 3.8) is 0 Å². The van der Waals surface area contributed by atoms with E-state index < -0.39 is 0 Å². The largest absolute Gasteiger partial charge is 0.399 e. The number of nitrogen functional groups attached to an aromatic ring is 1. The molecule has 0 aromatic heterocycles. The maximum atomic E-state index is 9.08. The number of rotatable bonds is 5. The quantitative estimate of drug-likeness (QED) is 0.639. The highest BCUT2D eigenvalue weighted by Gasteiger charge is 2.17. The lowest BCUT2D eigenvalue weighted by atomic mass is 10.0. The summed E-state index contributed by atoms with van der Waals surface area (Å²) < 4.78 is 0. The van der Waals surface area contributed by atoms with Crippen LogP contribution in [-0.2, 0) is 0 Å². The lowest BCUT2D eigenvalue weighted by molar-refractivity contribution is 0.160. The highest BCUT2D eigenvalue weighted by atomic mass is 15.2. The van der Waals surface area contributed by atoms with Crippen LogP contribution in [0.15, 0.2) is 18.2 Å². The Morgan fingerprint density at radius 2 is 2.30 bits per heavy atom. The van der Waals surface area contributed by atoms with Gasteiger partial charge in [-0.2, -0.15) is 5.26 Å². The smallest absolute Gasteiger partial charge is 0.101 e. The molecule has 20 heavy (non-hydrogen) atoms. The fourth-order valence-corrected chi connectivity index (χ4v) is 2.80. The van der Waals surface area contributed by atoms with E-state index in [-0.39, 0.29) is 0 Å². The molecule has 0 bridgehead atoms. The van der Waals surface area contributed by atoms with Gasteiger partial charge in [-0.3, -0.25) is 0 Å². The van der Waals surface area contributed by atoms with Gasteiger partial charge in [0.05, 0.1) is 11.3 Å². The van der Waals surface area contributed by atoms with Crippen molar-refractivity contribution in [3.05, 3.63) is 23.8 Å². The number of nitriles is 1. The van der Waals surface area contributed by atoms with E-state index in [1.165, 1.54) is 25.8 Å². The van der Waals surface area contributed by atoms with Gasteiger partial charge in [-0.25, -0.2) is 0 Å².